The summed E-state index contributed by atoms with van der Waals surface area (Å²) in [7, 11) is 0. The molecule has 3 saturated heterocycles. The molecule has 4 nitrogen and oxygen atoms in total. The fourth-order valence-electron chi connectivity index (χ4n) is 4.09. The molecule has 1 N–H and O–H groups in total. The highest BCUT2D eigenvalue weighted by molar-refractivity contribution is 5.44. The maximum atomic E-state index is 5.43. The van der Waals surface area contributed by atoms with Crippen molar-refractivity contribution < 1.29 is 9.47 Å². The molecule has 4 heteroatoms. The molecular weight excluding hydrogens is 276 g/mol. The van der Waals surface area contributed by atoms with Gasteiger partial charge in [-0.1, -0.05) is 12.1 Å². The van der Waals surface area contributed by atoms with Crippen LogP contribution in [-0.2, 0) is 6.54 Å². The molecule has 0 aliphatic carbocycles. The molecule has 0 aromatic heterocycles. The molecular formula is C18H24N2O2. The van der Waals surface area contributed by atoms with Gasteiger partial charge in [-0.2, -0.15) is 0 Å². The third-order valence-electron chi connectivity index (χ3n) is 5.38. The standard InChI is InChI=1S/C18H24N2O2/c1-2-14-11-20-6-5-15(14)8-16(20)10-19-9-13-3-4-17-18(7-13)22-12-21-17/h2-4,7,14-16,19H,1,5-6,8-12H2/t14-,15+,16-/m1/s1. The van der Waals surface area contributed by atoms with E-state index in [2.05, 4.69) is 35.0 Å². The van der Waals surface area contributed by atoms with Gasteiger partial charge in [0.25, 0.3) is 0 Å². The van der Waals surface area contributed by atoms with E-state index in [4.69, 9.17) is 9.47 Å². The molecule has 2 bridgehead atoms. The number of rotatable bonds is 5. The molecule has 0 spiro atoms. The molecule has 4 aliphatic heterocycles. The van der Waals surface area contributed by atoms with Crippen molar-refractivity contribution in [1.82, 2.24) is 10.2 Å². The zero-order chi connectivity index (χ0) is 14.9. The minimum atomic E-state index is 0.342. The number of nitrogens with one attached hydrogen (secondary N) is 1. The summed E-state index contributed by atoms with van der Waals surface area (Å²) < 4.78 is 10.8. The Labute approximate surface area is 132 Å². The van der Waals surface area contributed by atoms with Crippen LogP contribution in [0.3, 0.4) is 0 Å². The molecule has 0 radical (unpaired) electrons. The van der Waals surface area contributed by atoms with Gasteiger partial charge >= 0.3 is 0 Å². The van der Waals surface area contributed by atoms with Crippen LogP contribution in [0.15, 0.2) is 30.9 Å². The highest BCUT2D eigenvalue weighted by Gasteiger charge is 2.38. The van der Waals surface area contributed by atoms with Crippen LogP contribution < -0.4 is 14.8 Å². The van der Waals surface area contributed by atoms with Gasteiger partial charge < -0.3 is 14.8 Å². The number of hydrogen-bond acceptors (Lipinski definition) is 4. The van der Waals surface area contributed by atoms with Gasteiger partial charge in [0.15, 0.2) is 11.5 Å². The molecule has 0 amide bonds. The number of ether oxygens (including phenoxy) is 2. The molecule has 4 atom stereocenters. The van der Waals surface area contributed by atoms with Crippen LogP contribution in [-0.4, -0.2) is 37.4 Å². The number of fused-ring (bicyclic) bond motifs is 4. The third kappa shape index (κ3) is 2.61. The largest absolute Gasteiger partial charge is 0.454 e. The lowest BCUT2D eigenvalue weighted by Gasteiger charge is -2.49. The zero-order valence-electron chi connectivity index (χ0n) is 13.0. The molecule has 1 aromatic carbocycles. The van der Waals surface area contributed by atoms with Crippen LogP contribution >= 0.6 is 0 Å². The van der Waals surface area contributed by atoms with E-state index < -0.39 is 0 Å². The fourth-order valence-corrected chi connectivity index (χ4v) is 4.09. The fraction of sp³-hybridized carbons (Fsp3) is 0.556. The normalized spacial score (nSPS) is 32.2. The molecule has 4 heterocycles. The molecule has 118 valence electrons. The van der Waals surface area contributed by atoms with E-state index in [0.29, 0.717) is 18.8 Å². The monoisotopic (exact) mass is 300 g/mol. The van der Waals surface area contributed by atoms with Crippen LogP contribution in [0.4, 0.5) is 0 Å². The van der Waals surface area contributed by atoms with Gasteiger partial charge in [0.1, 0.15) is 0 Å². The first-order chi connectivity index (χ1) is 10.8. The van der Waals surface area contributed by atoms with Gasteiger partial charge in [0.2, 0.25) is 6.79 Å². The van der Waals surface area contributed by atoms with E-state index in [1.807, 2.05) is 6.07 Å². The van der Waals surface area contributed by atoms with Gasteiger partial charge in [-0.05, 0) is 48.9 Å². The Bertz CT molecular complexity index is 560. The molecule has 4 aliphatic rings. The second kappa shape index (κ2) is 5.94. The maximum absolute atomic E-state index is 5.43. The van der Waals surface area contributed by atoms with E-state index in [1.165, 1.54) is 31.5 Å². The zero-order valence-corrected chi connectivity index (χ0v) is 13.0. The summed E-state index contributed by atoms with van der Waals surface area (Å²) in [5, 5.41) is 3.62. The average molecular weight is 300 g/mol. The molecule has 0 saturated carbocycles. The minimum Gasteiger partial charge on any atom is -0.454 e. The summed E-state index contributed by atoms with van der Waals surface area (Å²) in [6.45, 7) is 8.74. The summed E-state index contributed by atoms with van der Waals surface area (Å²) >= 11 is 0. The van der Waals surface area contributed by atoms with Gasteiger partial charge in [0, 0.05) is 25.7 Å². The lowest BCUT2D eigenvalue weighted by atomic mass is 9.75. The van der Waals surface area contributed by atoms with Crippen molar-refractivity contribution in [3.63, 3.8) is 0 Å². The quantitative estimate of drug-likeness (QED) is 0.847. The van der Waals surface area contributed by atoms with Crippen molar-refractivity contribution in [3.05, 3.63) is 36.4 Å². The van der Waals surface area contributed by atoms with Crippen LogP contribution in [0, 0.1) is 11.8 Å². The molecule has 22 heavy (non-hydrogen) atoms. The summed E-state index contributed by atoms with van der Waals surface area (Å²) in [6, 6.07) is 6.88. The predicted molar refractivity (Wildman–Crippen MR) is 86.0 cm³/mol. The summed E-state index contributed by atoms with van der Waals surface area (Å²) in [5.74, 6) is 3.28. The van der Waals surface area contributed by atoms with Crippen LogP contribution in [0.25, 0.3) is 0 Å². The Morgan fingerprint density at radius 3 is 3.05 bits per heavy atom. The van der Waals surface area contributed by atoms with Crippen LogP contribution in [0.1, 0.15) is 18.4 Å². The smallest absolute Gasteiger partial charge is 0.231 e. The summed E-state index contributed by atoms with van der Waals surface area (Å²) in [5.41, 5.74) is 1.25. The van der Waals surface area contributed by atoms with Gasteiger partial charge in [0.05, 0.1) is 0 Å². The van der Waals surface area contributed by atoms with Crippen molar-refractivity contribution in [2.24, 2.45) is 11.8 Å². The first-order valence-corrected chi connectivity index (χ1v) is 8.29. The summed E-state index contributed by atoms with van der Waals surface area (Å²) in [6.07, 6.45) is 4.81. The van der Waals surface area contributed by atoms with Crippen LogP contribution in [0.2, 0.25) is 0 Å². The molecule has 1 unspecified atom stereocenters. The SMILES string of the molecule is C=C[C@@H]1CN2CC[C@H]1C[C@@H]2CNCc1ccc2c(c1)OCO2. The Morgan fingerprint density at radius 2 is 2.23 bits per heavy atom. The Morgan fingerprint density at radius 1 is 1.32 bits per heavy atom. The Balaban J connectivity index is 1.30. The lowest BCUT2D eigenvalue weighted by molar-refractivity contribution is 0.0195. The van der Waals surface area contributed by atoms with Crippen molar-refractivity contribution in [2.45, 2.75) is 25.4 Å². The van der Waals surface area contributed by atoms with Crippen molar-refractivity contribution >= 4 is 0 Å². The second-order valence-corrected chi connectivity index (χ2v) is 6.65. The first-order valence-electron chi connectivity index (χ1n) is 8.29. The Kier molecular flexibility index (Phi) is 3.80. The minimum absolute atomic E-state index is 0.342. The molecule has 5 rings (SSSR count). The van der Waals surface area contributed by atoms with E-state index in [0.717, 1.165) is 30.5 Å². The topological polar surface area (TPSA) is 33.7 Å². The highest BCUT2D eigenvalue weighted by Crippen LogP contribution is 2.36. The van der Waals surface area contributed by atoms with Crippen molar-refractivity contribution in [1.29, 1.82) is 0 Å². The lowest BCUT2D eigenvalue weighted by Crippen LogP contribution is -2.55. The predicted octanol–water partition coefficient (Wildman–Crippen LogP) is 2.40. The van der Waals surface area contributed by atoms with E-state index in [-0.39, 0.29) is 0 Å². The van der Waals surface area contributed by atoms with Crippen molar-refractivity contribution in [3.8, 4) is 11.5 Å². The molecule has 1 aromatic rings. The Hall–Kier alpha value is -1.52. The van der Waals surface area contributed by atoms with Gasteiger partial charge in [-0.15, -0.1) is 6.58 Å². The number of piperidine rings is 3. The van der Waals surface area contributed by atoms with Gasteiger partial charge in [-0.3, -0.25) is 4.90 Å². The second-order valence-electron chi connectivity index (χ2n) is 6.65. The van der Waals surface area contributed by atoms with Crippen LogP contribution in [0.5, 0.6) is 11.5 Å². The van der Waals surface area contributed by atoms with E-state index in [1.54, 1.807) is 0 Å². The van der Waals surface area contributed by atoms with Crippen molar-refractivity contribution in [2.75, 3.05) is 26.4 Å². The average Bonchev–Trinajstić information content (AvgIpc) is 3.03. The number of hydrogen-bond donors (Lipinski definition) is 1. The van der Waals surface area contributed by atoms with E-state index >= 15 is 0 Å². The first kappa shape index (κ1) is 14.1. The number of benzene rings is 1. The summed E-state index contributed by atoms with van der Waals surface area (Å²) in [4.78, 5) is 2.64. The maximum Gasteiger partial charge on any atom is 0.231 e. The molecule has 3 fully saturated rings. The van der Waals surface area contributed by atoms with E-state index in [9.17, 15) is 0 Å². The van der Waals surface area contributed by atoms with Gasteiger partial charge in [-0.25, -0.2) is 0 Å². The highest BCUT2D eigenvalue weighted by atomic mass is 16.7. The number of nitrogens with zero attached hydrogens (tertiary/aromatic N) is 1. The third-order valence-corrected chi connectivity index (χ3v) is 5.38.